The van der Waals surface area contributed by atoms with Gasteiger partial charge in [0.25, 0.3) is 5.89 Å². The maximum Gasteiger partial charge on any atom is 0.293 e. The van der Waals surface area contributed by atoms with Crippen molar-refractivity contribution < 1.29 is 22.1 Å². The molecule has 0 atom stereocenters. The van der Waals surface area contributed by atoms with Gasteiger partial charge >= 0.3 is 0 Å². The number of sulfone groups is 1. The molecule has 0 unspecified atom stereocenters. The van der Waals surface area contributed by atoms with Crippen LogP contribution < -0.4 is 4.74 Å². The van der Waals surface area contributed by atoms with Crippen molar-refractivity contribution in [1.29, 1.82) is 0 Å². The summed E-state index contributed by atoms with van der Waals surface area (Å²) in [5.74, 6) is 1.62. The third-order valence-corrected chi connectivity index (χ3v) is 6.75. The lowest BCUT2D eigenvalue weighted by atomic mass is 10.2. The van der Waals surface area contributed by atoms with Gasteiger partial charge in [-0.3, -0.25) is 0 Å². The van der Waals surface area contributed by atoms with Gasteiger partial charge in [0, 0.05) is 5.56 Å². The van der Waals surface area contributed by atoms with Gasteiger partial charge in [-0.1, -0.05) is 53.7 Å². The van der Waals surface area contributed by atoms with E-state index in [0.29, 0.717) is 24.0 Å². The van der Waals surface area contributed by atoms with Crippen LogP contribution in [0.1, 0.15) is 11.3 Å². The third kappa shape index (κ3) is 4.92. The van der Waals surface area contributed by atoms with E-state index in [1.807, 2.05) is 54.6 Å². The highest BCUT2D eigenvalue weighted by Gasteiger charge is 2.20. The molecule has 0 saturated heterocycles. The smallest absolute Gasteiger partial charge is 0.293 e. The molecule has 0 spiro atoms. The van der Waals surface area contributed by atoms with E-state index >= 15 is 0 Å². The zero-order chi connectivity index (χ0) is 23.4. The Balaban J connectivity index is 1.26. The maximum absolute atomic E-state index is 12.6. The number of rotatable bonds is 8. The van der Waals surface area contributed by atoms with Crippen LogP contribution in [-0.4, -0.2) is 18.6 Å². The van der Waals surface area contributed by atoms with Crippen molar-refractivity contribution in [3.05, 3.63) is 108 Å². The van der Waals surface area contributed by atoms with Crippen molar-refractivity contribution in [3.63, 3.8) is 0 Å². The van der Waals surface area contributed by atoms with Gasteiger partial charge in [0.05, 0.1) is 4.90 Å². The van der Waals surface area contributed by atoms with Gasteiger partial charge in [0.2, 0.25) is 5.82 Å². The lowest BCUT2D eigenvalue weighted by Crippen LogP contribution is -2.03. The van der Waals surface area contributed by atoms with Crippen molar-refractivity contribution in [2.45, 2.75) is 17.3 Å². The van der Waals surface area contributed by atoms with Gasteiger partial charge in [-0.2, -0.15) is 4.98 Å². The highest BCUT2D eigenvalue weighted by Crippen LogP contribution is 2.27. The highest BCUT2D eigenvalue weighted by molar-refractivity contribution is 7.90. The largest absolute Gasteiger partial charge is 0.489 e. The minimum atomic E-state index is -3.52. The molecule has 0 aliphatic carbocycles. The molecule has 5 rings (SSSR count). The second-order valence-corrected chi connectivity index (χ2v) is 9.55. The first-order valence-electron chi connectivity index (χ1n) is 10.5. The Labute approximate surface area is 196 Å². The standard InChI is InChI=1S/C26H20N2O5S/c29-34(30,23-9-5-2-6-10-23)18-22-15-16-24(32-22)26-27-25(28-33-26)20-11-13-21(14-12-20)31-17-19-7-3-1-4-8-19/h1-16H,17-18H2. The molecule has 2 heterocycles. The Morgan fingerprint density at radius 1 is 0.794 bits per heavy atom. The molecular formula is C26H20N2O5S. The first-order valence-corrected chi connectivity index (χ1v) is 12.2. The summed E-state index contributed by atoms with van der Waals surface area (Å²) in [6, 6.07) is 28.7. The zero-order valence-corrected chi connectivity index (χ0v) is 18.8. The lowest BCUT2D eigenvalue weighted by Gasteiger charge is -2.06. The summed E-state index contributed by atoms with van der Waals surface area (Å²) >= 11 is 0. The van der Waals surface area contributed by atoms with E-state index in [0.717, 1.165) is 16.9 Å². The van der Waals surface area contributed by atoms with Gasteiger partial charge in [-0.15, -0.1) is 0 Å². The van der Waals surface area contributed by atoms with Gasteiger partial charge in [-0.25, -0.2) is 8.42 Å². The molecule has 0 radical (unpaired) electrons. The van der Waals surface area contributed by atoms with Crippen molar-refractivity contribution in [2.75, 3.05) is 0 Å². The van der Waals surface area contributed by atoms with E-state index in [1.54, 1.807) is 42.5 Å². The lowest BCUT2D eigenvalue weighted by molar-refractivity contribution is 0.306. The topological polar surface area (TPSA) is 95.4 Å². The fraction of sp³-hybridized carbons (Fsp3) is 0.0769. The van der Waals surface area contributed by atoms with E-state index in [1.165, 1.54) is 0 Å². The fourth-order valence-electron chi connectivity index (χ4n) is 3.35. The molecule has 0 amide bonds. The Morgan fingerprint density at radius 2 is 1.50 bits per heavy atom. The zero-order valence-electron chi connectivity index (χ0n) is 18.0. The predicted octanol–water partition coefficient (Wildman–Crippen LogP) is 5.55. The minimum Gasteiger partial charge on any atom is -0.489 e. The molecule has 0 aliphatic rings. The maximum atomic E-state index is 12.6. The molecule has 0 bridgehead atoms. The van der Waals surface area contributed by atoms with Gasteiger partial charge in [0.1, 0.15) is 23.9 Å². The average molecular weight is 473 g/mol. The number of benzene rings is 3. The van der Waals surface area contributed by atoms with Crippen LogP contribution in [0.25, 0.3) is 23.0 Å². The van der Waals surface area contributed by atoms with Crippen molar-refractivity contribution >= 4 is 9.84 Å². The average Bonchev–Trinajstić information content (AvgIpc) is 3.54. The Morgan fingerprint density at radius 3 is 2.24 bits per heavy atom. The molecule has 170 valence electrons. The SMILES string of the molecule is O=S(=O)(Cc1ccc(-c2nc(-c3ccc(OCc4ccccc4)cc3)no2)o1)c1ccccc1. The van der Waals surface area contributed by atoms with Gasteiger partial charge < -0.3 is 13.7 Å². The number of aromatic nitrogens is 2. The van der Waals surface area contributed by atoms with Crippen LogP contribution in [0.4, 0.5) is 0 Å². The van der Waals surface area contributed by atoms with Gasteiger partial charge in [0.15, 0.2) is 15.6 Å². The summed E-state index contributed by atoms with van der Waals surface area (Å²) in [6.07, 6.45) is 0. The summed E-state index contributed by atoms with van der Waals surface area (Å²) in [6.45, 7) is 0.480. The number of furan rings is 1. The molecular weight excluding hydrogens is 452 g/mol. The number of ether oxygens (including phenoxy) is 1. The summed E-state index contributed by atoms with van der Waals surface area (Å²) in [4.78, 5) is 4.62. The van der Waals surface area contributed by atoms with Crippen molar-refractivity contribution in [1.82, 2.24) is 10.1 Å². The van der Waals surface area contributed by atoms with Crippen LogP contribution >= 0.6 is 0 Å². The molecule has 0 fully saturated rings. The Bertz CT molecular complexity index is 1480. The molecule has 7 nitrogen and oxygen atoms in total. The Kier molecular flexibility index (Phi) is 5.97. The van der Waals surface area contributed by atoms with Crippen LogP contribution in [0.3, 0.4) is 0 Å². The van der Waals surface area contributed by atoms with E-state index in [9.17, 15) is 8.42 Å². The summed E-state index contributed by atoms with van der Waals surface area (Å²) < 4.78 is 41.9. The molecule has 2 aromatic heterocycles. The number of hydrogen-bond acceptors (Lipinski definition) is 7. The second-order valence-electron chi connectivity index (χ2n) is 7.56. The molecule has 0 aliphatic heterocycles. The first kappa shape index (κ1) is 21.7. The van der Waals surface area contributed by atoms with Crippen LogP contribution in [0.5, 0.6) is 5.75 Å². The molecule has 8 heteroatoms. The summed E-state index contributed by atoms with van der Waals surface area (Å²) in [7, 11) is -3.52. The van der Waals surface area contributed by atoms with E-state index in [-0.39, 0.29) is 16.5 Å². The molecule has 34 heavy (non-hydrogen) atoms. The summed E-state index contributed by atoms with van der Waals surface area (Å²) in [5.41, 5.74) is 1.84. The number of hydrogen-bond donors (Lipinski definition) is 0. The van der Waals surface area contributed by atoms with Crippen LogP contribution in [0.15, 0.2) is 111 Å². The van der Waals surface area contributed by atoms with Crippen LogP contribution in [-0.2, 0) is 22.2 Å². The molecule has 0 N–H and O–H groups in total. The molecule has 5 aromatic rings. The number of nitrogens with zero attached hydrogens (tertiary/aromatic N) is 2. The highest BCUT2D eigenvalue weighted by atomic mass is 32.2. The van der Waals surface area contributed by atoms with E-state index in [4.69, 9.17) is 13.7 Å². The predicted molar refractivity (Wildman–Crippen MR) is 126 cm³/mol. The molecule has 0 saturated carbocycles. The fourth-order valence-corrected chi connectivity index (χ4v) is 4.62. The van der Waals surface area contributed by atoms with Crippen LogP contribution in [0.2, 0.25) is 0 Å². The summed E-state index contributed by atoms with van der Waals surface area (Å²) in [5, 5.41) is 4.01. The van der Waals surface area contributed by atoms with Gasteiger partial charge in [-0.05, 0) is 54.1 Å². The van der Waals surface area contributed by atoms with Crippen LogP contribution in [0, 0.1) is 0 Å². The molecule has 3 aromatic carbocycles. The quantitative estimate of drug-likeness (QED) is 0.292. The van der Waals surface area contributed by atoms with E-state index < -0.39 is 9.84 Å². The minimum absolute atomic E-state index is 0.169. The van der Waals surface area contributed by atoms with Crippen molar-refractivity contribution in [2.24, 2.45) is 0 Å². The third-order valence-electron chi connectivity index (χ3n) is 5.09. The van der Waals surface area contributed by atoms with E-state index in [2.05, 4.69) is 10.1 Å². The second kappa shape index (κ2) is 9.36. The monoisotopic (exact) mass is 472 g/mol. The van der Waals surface area contributed by atoms with Crippen molar-refractivity contribution in [3.8, 4) is 28.8 Å². The normalized spacial score (nSPS) is 11.4. The first-order chi connectivity index (χ1) is 16.6. The Hall–Kier alpha value is -4.17.